The predicted octanol–water partition coefficient (Wildman–Crippen LogP) is -1.25. The van der Waals surface area contributed by atoms with Crippen LogP contribution in [0.5, 0.6) is 0 Å². The van der Waals surface area contributed by atoms with Gasteiger partial charge in [-0.25, -0.2) is 9.59 Å². The topological polar surface area (TPSA) is 122 Å². The second kappa shape index (κ2) is 6.80. The highest BCUT2D eigenvalue weighted by Crippen LogP contribution is 2.05. The first-order valence-electron chi connectivity index (χ1n) is 5.65. The van der Waals surface area contributed by atoms with E-state index in [0.29, 0.717) is 39.1 Å². The Kier molecular flexibility index (Phi) is 5.37. The van der Waals surface area contributed by atoms with E-state index in [4.69, 9.17) is 15.6 Å². The fraction of sp³-hybridized carbons (Fsp3) is 0.700. The molecule has 2 saturated heterocycles. The summed E-state index contributed by atoms with van der Waals surface area (Å²) in [7, 11) is 0. The summed E-state index contributed by atoms with van der Waals surface area (Å²) in [5.74, 6) is -1.11. The Morgan fingerprint density at radius 1 is 1.39 bits per heavy atom. The van der Waals surface area contributed by atoms with Crippen molar-refractivity contribution in [3.05, 3.63) is 0 Å². The number of hydrogen-bond donors (Lipinski definition) is 3. The Hall–Kier alpha value is -1.83. The second-order valence-electron chi connectivity index (χ2n) is 3.93. The number of nitrogens with zero attached hydrogens (tertiary/aromatic N) is 1. The first-order chi connectivity index (χ1) is 8.50. The van der Waals surface area contributed by atoms with Crippen LogP contribution in [0, 0.1) is 0 Å². The Morgan fingerprint density at radius 3 is 2.28 bits per heavy atom. The molecule has 0 aromatic carbocycles. The van der Waals surface area contributed by atoms with Crippen LogP contribution in [0.1, 0.15) is 12.8 Å². The van der Waals surface area contributed by atoms with E-state index >= 15 is 0 Å². The number of aliphatic carboxylic acids is 1. The van der Waals surface area contributed by atoms with E-state index in [2.05, 4.69) is 5.32 Å². The number of morpholine rings is 1. The molecular formula is C10H17N3O5. The summed E-state index contributed by atoms with van der Waals surface area (Å²) in [5.41, 5.74) is 5.00. The minimum absolute atomic E-state index is 0.164. The van der Waals surface area contributed by atoms with Crippen molar-refractivity contribution >= 4 is 17.9 Å². The number of primary amides is 1. The van der Waals surface area contributed by atoms with Crippen LogP contribution in [0.15, 0.2) is 0 Å². The molecule has 2 aliphatic heterocycles. The lowest BCUT2D eigenvalue weighted by Crippen LogP contribution is -2.43. The number of hydrogen-bond acceptors (Lipinski definition) is 4. The monoisotopic (exact) mass is 259 g/mol. The Bertz CT molecular complexity index is 327. The lowest BCUT2D eigenvalue weighted by molar-refractivity contribution is -0.140. The molecule has 0 bridgehead atoms. The van der Waals surface area contributed by atoms with E-state index in [1.165, 1.54) is 0 Å². The fourth-order valence-electron chi connectivity index (χ4n) is 1.58. The van der Waals surface area contributed by atoms with Gasteiger partial charge in [-0.05, 0) is 6.42 Å². The van der Waals surface area contributed by atoms with Gasteiger partial charge < -0.3 is 25.8 Å². The highest BCUT2D eigenvalue weighted by molar-refractivity contribution is 5.87. The maximum atomic E-state index is 10.4. The molecule has 4 N–H and O–H groups in total. The minimum atomic E-state index is -0.944. The number of carbonyl (C=O) groups excluding carboxylic acids is 2. The van der Waals surface area contributed by atoms with Crippen molar-refractivity contribution in [2.75, 3.05) is 26.3 Å². The molecule has 0 saturated carbocycles. The van der Waals surface area contributed by atoms with Gasteiger partial charge in [-0.2, -0.15) is 0 Å². The van der Waals surface area contributed by atoms with Crippen molar-refractivity contribution in [3.63, 3.8) is 0 Å². The van der Waals surface area contributed by atoms with E-state index in [0.717, 1.165) is 0 Å². The molecule has 0 radical (unpaired) electrons. The van der Waals surface area contributed by atoms with E-state index < -0.39 is 12.0 Å². The molecule has 2 aliphatic rings. The van der Waals surface area contributed by atoms with E-state index in [9.17, 15) is 14.4 Å². The second-order valence-corrected chi connectivity index (χ2v) is 3.93. The number of amides is 3. The normalized spacial score (nSPS) is 22.8. The van der Waals surface area contributed by atoms with Gasteiger partial charge in [-0.15, -0.1) is 0 Å². The first-order valence-corrected chi connectivity index (χ1v) is 5.65. The molecule has 0 spiro atoms. The zero-order valence-corrected chi connectivity index (χ0v) is 9.92. The van der Waals surface area contributed by atoms with Crippen LogP contribution in [0.2, 0.25) is 0 Å². The number of carboxylic acid groups (broad SMARTS) is 1. The van der Waals surface area contributed by atoms with Gasteiger partial charge in [0.2, 0.25) is 5.91 Å². The molecule has 2 rings (SSSR count). The summed E-state index contributed by atoms with van der Waals surface area (Å²) in [6.45, 7) is 2.50. The molecule has 3 amide bonds. The fourth-order valence-corrected chi connectivity index (χ4v) is 1.58. The third-order valence-corrected chi connectivity index (χ3v) is 2.62. The average Bonchev–Trinajstić information content (AvgIpc) is 2.78. The molecule has 0 unspecified atom stereocenters. The highest BCUT2D eigenvalue weighted by atomic mass is 16.5. The number of carbonyl (C=O) groups is 3. The maximum absolute atomic E-state index is 10.4. The minimum Gasteiger partial charge on any atom is -0.480 e. The van der Waals surface area contributed by atoms with Crippen LogP contribution in [0.3, 0.4) is 0 Å². The molecule has 1 atom stereocenters. The van der Waals surface area contributed by atoms with Gasteiger partial charge in [-0.1, -0.05) is 0 Å². The average molecular weight is 259 g/mol. The van der Waals surface area contributed by atoms with Crippen LogP contribution >= 0.6 is 0 Å². The van der Waals surface area contributed by atoms with Gasteiger partial charge in [0.1, 0.15) is 6.04 Å². The Morgan fingerprint density at radius 2 is 2.00 bits per heavy atom. The van der Waals surface area contributed by atoms with Gasteiger partial charge in [0.05, 0.1) is 13.2 Å². The van der Waals surface area contributed by atoms with Crippen molar-refractivity contribution in [1.82, 2.24) is 10.2 Å². The molecular weight excluding hydrogens is 242 g/mol. The quantitative estimate of drug-likeness (QED) is 0.543. The lowest BCUT2D eigenvalue weighted by Gasteiger charge is -2.24. The number of nitrogens with one attached hydrogen (secondary N) is 1. The molecule has 0 aliphatic carbocycles. The van der Waals surface area contributed by atoms with Crippen LogP contribution in [-0.2, 0) is 14.3 Å². The van der Waals surface area contributed by atoms with E-state index in [-0.39, 0.29) is 11.9 Å². The molecule has 2 fully saturated rings. The third kappa shape index (κ3) is 4.58. The number of ether oxygens (including phenoxy) is 1. The number of nitrogens with two attached hydrogens (primary N) is 1. The number of urea groups is 1. The van der Waals surface area contributed by atoms with Crippen molar-refractivity contribution in [1.29, 1.82) is 0 Å². The summed E-state index contributed by atoms with van der Waals surface area (Å²) in [6, 6.07) is -0.990. The number of rotatable bonds is 1. The van der Waals surface area contributed by atoms with Crippen molar-refractivity contribution in [2.45, 2.75) is 18.9 Å². The maximum Gasteiger partial charge on any atom is 0.326 e. The standard InChI is InChI=1S/C5H10N2O2.C5H7NO3/c6-5(8)7-1-3-9-4-2-7;7-4-2-1-3(6-4)5(8)9/h1-4H2,(H2,6,8);3H,1-2H2,(H,6,7)(H,8,9)/t;3-/m.0/s1. The van der Waals surface area contributed by atoms with Crippen LogP contribution in [-0.4, -0.2) is 60.3 Å². The Balaban J connectivity index is 0.000000180. The third-order valence-electron chi connectivity index (χ3n) is 2.62. The SMILES string of the molecule is NC(=O)N1CCOCC1.O=C1CC[C@@H](C(=O)O)N1. The number of carboxylic acids is 1. The smallest absolute Gasteiger partial charge is 0.326 e. The molecule has 8 nitrogen and oxygen atoms in total. The lowest BCUT2D eigenvalue weighted by atomic mass is 10.2. The molecule has 2 heterocycles. The van der Waals surface area contributed by atoms with Gasteiger partial charge in [0, 0.05) is 19.5 Å². The van der Waals surface area contributed by atoms with Gasteiger partial charge in [0.15, 0.2) is 0 Å². The van der Waals surface area contributed by atoms with Crippen LogP contribution in [0.25, 0.3) is 0 Å². The predicted molar refractivity (Wildman–Crippen MR) is 60.8 cm³/mol. The highest BCUT2D eigenvalue weighted by Gasteiger charge is 2.26. The summed E-state index contributed by atoms with van der Waals surface area (Å²) >= 11 is 0. The molecule has 102 valence electrons. The van der Waals surface area contributed by atoms with Crippen LogP contribution < -0.4 is 11.1 Å². The summed E-state index contributed by atoms with van der Waals surface area (Å²) in [4.78, 5) is 32.5. The molecule has 0 aromatic heterocycles. The largest absolute Gasteiger partial charge is 0.480 e. The Labute approximate surface area is 104 Å². The van der Waals surface area contributed by atoms with Crippen LogP contribution in [0.4, 0.5) is 4.79 Å². The first kappa shape index (κ1) is 14.2. The van der Waals surface area contributed by atoms with Gasteiger partial charge >= 0.3 is 12.0 Å². The molecule has 8 heteroatoms. The summed E-state index contributed by atoms with van der Waals surface area (Å²) in [5, 5.41) is 10.6. The molecule has 0 aromatic rings. The summed E-state index contributed by atoms with van der Waals surface area (Å²) in [6.07, 6.45) is 0.769. The zero-order chi connectivity index (χ0) is 13.5. The summed E-state index contributed by atoms with van der Waals surface area (Å²) < 4.78 is 5.00. The zero-order valence-electron chi connectivity index (χ0n) is 9.92. The van der Waals surface area contributed by atoms with E-state index in [1.54, 1.807) is 4.90 Å². The van der Waals surface area contributed by atoms with Gasteiger partial charge in [0.25, 0.3) is 0 Å². The van der Waals surface area contributed by atoms with Gasteiger partial charge in [-0.3, -0.25) is 4.79 Å². The van der Waals surface area contributed by atoms with Crippen molar-refractivity contribution in [2.24, 2.45) is 5.73 Å². The van der Waals surface area contributed by atoms with E-state index in [1.807, 2.05) is 0 Å². The van der Waals surface area contributed by atoms with Crippen molar-refractivity contribution < 1.29 is 24.2 Å². The molecule has 18 heavy (non-hydrogen) atoms. The van der Waals surface area contributed by atoms with Crippen molar-refractivity contribution in [3.8, 4) is 0 Å².